The number of nitrogens with zero attached hydrogens (tertiary/aromatic N) is 3. The van der Waals surface area contributed by atoms with Crippen LogP contribution < -0.4 is 5.32 Å². The number of hydrogen-bond donors (Lipinski definition) is 1. The molecule has 0 radical (unpaired) electrons. The van der Waals surface area contributed by atoms with Gasteiger partial charge >= 0.3 is 0 Å². The van der Waals surface area contributed by atoms with Crippen molar-refractivity contribution in [2.24, 2.45) is 0 Å². The Kier molecular flexibility index (Phi) is 3.22. The molecule has 0 unspecified atom stereocenters. The van der Waals surface area contributed by atoms with Crippen molar-refractivity contribution in [2.45, 2.75) is 20.4 Å². The largest absolute Gasteiger partial charge is 0.371 e. The van der Waals surface area contributed by atoms with E-state index in [0.29, 0.717) is 17.4 Å². The van der Waals surface area contributed by atoms with Gasteiger partial charge in [-0.15, -0.1) is 0 Å². The highest BCUT2D eigenvalue weighted by atomic mass is 16.6. The van der Waals surface area contributed by atoms with Gasteiger partial charge in [-0.25, -0.2) is 0 Å². The maximum Gasteiger partial charge on any atom is 0.292 e. The van der Waals surface area contributed by atoms with E-state index >= 15 is 0 Å². The molecule has 7 nitrogen and oxygen atoms in total. The third kappa shape index (κ3) is 2.62. The fourth-order valence-electron chi connectivity index (χ4n) is 1.52. The fraction of sp³-hybridized carbons (Fsp3) is 0.273. The smallest absolute Gasteiger partial charge is 0.292 e. The number of nitro groups is 1. The molecule has 1 aromatic carbocycles. The van der Waals surface area contributed by atoms with Crippen LogP contribution in [0.3, 0.4) is 0 Å². The molecular formula is C11H12N4O3. The number of aromatic nitrogens is 2. The monoisotopic (exact) mass is 248 g/mol. The van der Waals surface area contributed by atoms with Crippen molar-refractivity contribution >= 4 is 11.4 Å². The predicted molar refractivity (Wildman–Crippen MR) is 64.2 cm³/mol. The molecular weight excluding hydrogens is 236 g/mol. The second kappa shape index (κ2) is 4.82. The third-order valence-corrected chi connectivity index (χ3v) is 2.35. The molecule has 0 aliphatic heterocycles. The topological polar surface area (TPSA) is 94.1 Å². The van der Waals surface area contributed by atoms with E-state index in [1.165, 1.54) is 6.07 Å². The zero-order chi connectivity index (χ0) is 13.1. The number of nitrogens with one attached hydrogen (secondary N) is 1. The highest BCUT2D eigenvalue weighted by molar-refractivity contribution is 5.62. The van der Waals surface area contributed by atoms with Crippen LogP contribution in [0.15, 0.2) is 22.7 Å². The van der Waals surface area contributed by atoms with Crippen molar-refractivity contribution in [2.75, 3.05) is 5.32 Å². The van der Waals surface area contributed by atoms with Gasteiger partial charge in [0.15, 0.2) is 5.82 Å². The van der Waals surface area contributed by atoms with E-state index in [9.17, 15) is 10.1 Å². The first-order chi connectivity index (χ1) is 8.56. The summed E-state index contributed by atoms with van der Waals surface area (Å²) in [7, 11) is 0. The lowest BCUT2D eigenvalue weighted by molar-refractivity contribution is -0.384. The van der Waals surface area contributed by atoms with E-state index in [1.54, 1.807) is 26.0 Å². The lowest BCUT2D eigenvalue weighted by Gasteiger charge is -2.05. The van der Waals surface area contributed by atoms with Gasteiger partial charge in [0.1, 0.15) is 5.69 Å². The van der Waals surface area contributed by atoms with Gasteiger partial charge in [-0.1, -0.05) is 11.2 Å². The van der Waals surface area contributed by atoms with Crippen molar-refractivity contribution in [3.8, 4) is 0 Å². The van der Waals surface area contributed by atoms with Gasteiger partial charge in [0.25, 0.3) is 5.69 Å². The van der Waals surface area contributed by atoms with Crippen LogP contribution in [0, 0.1) is 24.0 Å². The number of nitro benzene ring substituents is 1. The van der Waals surface area contributed by atoms with Crippen molar-refractivity contribution in [3.63, 3.8) is 0 Å². The van der Waals surface area contributed by atoms with E-state index in [-0.39, 0.29) is 12.2 Å². The molecule has 0 bridgehead atoms. The number of aryl methyl sites for hydroxylation is 2. The molecule has 94 valence electrons. The maximum atomic E-state index is 10.9. The average molecular weight is 248 g/mol. The summed E-state index contributed by atoms with van der Waals surface area (Å²) in [5.74, 6) is 0.924. The Hall–Kier alpha value is -2.44. The molecule has 0 fully saturated rings. The summed E-state index contributed by atoms with van der Waals surface area (Å²) in [6.07, 6.45) is 0. The molecule has 0 aliphatic rings. The van der Waals surface area contributed by atoms with Crippen LogP contribution in [0.25, 0.3) is 0 Å². The van der Waals surface area contributed by atoms with Crippen molar-refractivity contribution in [1.29, 1.82) is 0 Å². The Balaban J connectivity index is 2.16. The van der Waals surface area contributed by atoms with Crippen LogP contribution in [0.4, 0.5) is 11.4 Å². The Morgan fingerprint density at radius 2 is 2.22 bits per heavy atom. The van der Waals surface area contributed by atoms with E-state index in [4.69, 9.17) is 4.52 Å². The molecule has 0 saturated carbocycles. The SMILES string of the molecule is Cc1ccc(NCc2nc(C)no2)c([N+](=O)[O-])c1. The highest BCUT2D eigenvalue weighted by Crippen LogP contribution is 2.25. The van der Waals surface area contributed by atoms with Gasteiger partial charge in [0.2, 0.25) is 5.89 Å². The number of rotatable bonds is 4. The third-order valence-electron chi connectivity index (χ3n) is 2.35. The molecule has 2 rings (SSSR count). The standard InChI is InChI=1S/C11H12N4O3/c1-7-3-4-9(10(5-7)15(16)17)12-6-11-13-8(2)14-18-11/h3-5,12H,6H2,1-2H3. The van der Waals surface area contributed by atoms with Gasteiger partial charge < -0.3 is 9.84 Å². The molecule has 2 aromatic rings. The molecule has 0 atom stereocenters. The van der Waals surface area contributed by atoms with Crippen LogP contribution in [0.5, 0.6) is 0 Å². The summed E-state index contributed by atoms with van der Waals surface area (Å²) < 4.78 is 4.92. The summed E-state index contributed by atoms with van der Waals surface area (Å²) in [6, 6.07) is 4.98. The molecule has 0 aliphatic carbocycles. The fourth-order valence-corrected chi connectivity index (χ4v) is 1.52. The van der Waals surface area contributed by atoms with Crippen LogP contribution >= 0.6 is 0 Å². The maximum absolute atomic E-state index is 10.9. The molecule has 1 aromatic heterocycles. The normalized spacial score (nSPS) is 10.3. The first kappa shape index (κ1) is 12.0. The minimum atomic E-state index is -0.422. The number of hydrogen-bond acceptors (Lipinski definition) is 6. The number of benzene rings is 1. The molecule has 0 saturated heterocycles. The van der Waals surface area contributed by atoms with Gasteiger partial charge in [0.05, 0.1) is 11.5 Å². The molecule has 1 N–H and O–H groups in total. The molecule has 1 heterocycles. The second-order valence-electron chi connectivity index (χ2n) is 3.87. The van der Waals surface area contributed by atoms with E-state index < -0.39 is 4.92 Å². The minimum absolute atomic E-state index is 0.0336. The van der Waals surface area contributed by atoms with Crippen molar-refractivity contribution in [1.82, 2.24) is 10.1 Å². The predicted octanol–water partition coefficient (Wildman–Crippen LogP) is 2.21. The Labute approximate surface area is 103 Å². The van der Waals surface area contributed by atoms with E-state index in [0.717, 1.165) is 5.56 Å². The number of anilines is 1. The van der Waals surface area contributed by atoms with Crippen LogP contribution in [0.2, 0.25) is 0 Å². The summed E-state index contributed by atoms with van der Waals surface area (Å²) in [5, 5.41) is 17.5. The van der Waals surface area contributed by atoms with Gasteiger partial charge in [0, 0.05) is 6.07 Å². The van der Waals surface area contributed by atoms with Crippen LogP contribution in [-0.4, -0.2) is 15.1 Å². The van der Waals surface area contributed by atoms with Gasteiger partial charge in [-0.05, 0) is 25.5 Å². The molecule has 0 amide bonds. The highest BCUT2D eigenvalue weighted by Gasteiger charge is 2.14. The van der Waals surface area contributed by atoms with Crippen molar-refractivity contribution < 1.29 is 9.45 Å². The average Bonchev–Trinajstić information content (AvgIpc) is 2.73. The molecule has 18 heavy (non-hydrogen) atoms. The Morgan fingerprint density at radius 1 is 1.44 bits per heavy atom. The van der Waals surface area contributed by atoms with Crippen LogP contribution in [0.1, 0.15) is 17.3 Å². The van der Waals surface area contributed by atoms with Gasteiger partial charge in [-0.2, -0.15) is 4.98 Å². The lowest BCUT2D eigenvalue weighted by atomic mass is 10.2. The first-order valence-electron chi connectivity index (χ1n) is 5.34. The Morgan fingerprint density at radius 3 is 2.83 bits per heavy atom. The van der Waals surface area contributed by atoms with Gasteiger partial charge in [-0.3, -0.25) is 10.1 Å². The zero-order valence-electron chi connectivity index (χ0n) is 10.0. The summed E-state index contributed by atoms with van der Waals surface area (Å²) in [6.45, 7) is 3.77. The Bertz CT molecular complexity index is 579. The molecule has 7 heteroatoms. The zero-order valence-corrected chi connectivity index (χ0v) is 10.0. The van der Waals surface area contributed by atoms with Crippen molar-refractivity contribution in [3.05, 3.63) is 45.6 Å². The molecule has 0 spiro atoms. The van der Waals surface area contributed by atoms with Crippen LogP contribution in [-0.2, 0) is 6.54 Å². The summed E-state index contributed by atoms with van der Waals surface area (Å²) in [4.78, 5) is 14.5. The van der Waals surface area contributed by atoms with E-state index in [1.807, 2.05) is 0 Å². The lowest BCUT2D eigenvalue weighted by Crippen LogP contribution is -2.03. The minimum Gasteiger partial charge on any atom is -0.371 e. The van der Waals surface area contributed by atoms with E-state index in [2.05, 4.69) is 15.5 Å². The second-order valence-corrected chi connectivity index (χ2v) is 3.87. The first-order valence-corrected chi connectivity index (χ1v) is 5.34. The quantitative estimate of drug-likeness (QED) is 0.658. The summed E-state index contributed by atoms with van der Waals surface area (Å²) >= 11 is 0. The summed E-state index contributed by atoms with van der Waals surface area (Å²) in [5.41, 5.74) is 1.30.